The Hall–Kier alpha value is -0.240. The zero-order valence-corrected chi connectivity index (χ0v) is 6.24. The summed E-state index contributed by atoms with van der Waals surface area (Å²) < 4.78 is 4.58. The molecule has 6 heteroatoms. The molecule has 1 heterocycles. The zero-order chi connectivity index (χ0) is 9.30. The zero-order valence-electron chi connectivity index (χ0n) is 6.24. The molecule has 6 nitrogen and oxygen atoms in total. The van der Waals surface area contributed by atoms with Crippen LogP contribution >= 0.6 is 0 Å². The van der Waals surface area contributed by atoms with Crippen LogP contribution in [0, 0.1) is 0 Å². The Balaban J connectivity index is 2.63. The van der Waals surface area contributed by atoms with E-state index in [4.69, 9.17) is 25.5 Å². The van der Waals surface area contributed by atoms with Crippen LogP contribution in [-0.4, -0.2) is 62.8 Å². The molecule has 1 fully saturated rings. The fourth-order valence-electron chi connectivity index (χ4n) is 1.08. The van der Waals surface area contributed by atoms with E-state index in [1.807, 2.05) is 0 Å². The summed E-state index contributed by atoms with van der Waals surface area (Å²) in [7, 11) is 0. The lowest BCUT2D eigenvalue weighted by atomic mass is 10.00. The molecule has 12 heavy (non-hydrogen) atoms. The lowest BCUT2D eigenvalue weighted by molar-refractivity contribution is -0.286. The van der Waals surface area contributed by atoms with Gasteiger partial charge in [0.1, 0.15) is 24.4 Å². The monoisotopic (exact) mass is 180 g/mol. The summed E-state index contributed by atoms with van der Waals surface area (Å²) in [5.41, 5.74) is 0. The van der Waals surface area contributed by atoms with E-state index in [0.29, 0.717) is 0 Å². The van der Waals surface area contributed by atoms with Gasteiger partial charge in [0, 0.05) is 0 Å². The van der Waals surface area contributed by atoms with E-state index in [0.717, 1.165) is 0 Å². The van der Waals surface area contributed by atoms with E-state index in [2.05, 4.69) is 4.74 Å². The average molecular weight is 180 g/mol. The van der Waals surface area contributed by atoms with Gasteiger partial charge in [-0.2, -0.15) is 0 Å². The highest BCUT2D eigenvalue weighted by molar-refractivity contribution is 4.87. The van der Waals surface area contributed by atoms with Crippen LogP contribution in [0.25, 0.3) is 0 Å². The molecular weight excluding hydrogens is 168 g/mol. The molecule has 72 valence electrons. The largest absolute Gasteiger partial charge is 0.394 e. The summed E-state index contributed by atoms with van der Waals surface area (Å²) in [5.74, 6) is 0. The highest BCUT2D eigenvalue weighted by Gasteiger charge is 2.42. The normalized spacial score (nSPS) is 49.2. The topological polar surface area (TPSA) is 110 Å². The fourth-order valence-corrected chi connectivity index (χ4v) is 1.08. The van der Waals surface area contributed by atoms with Gasteiger partial charge in [0.05, 0.1) is 6.61 Å². The maximum absolute atomic E-state index is 9.12. The first-order valence-corrected chi connectivity index (χ1v) is 3.56. The van der Waals surface area contributed by atoms with Gasteiger partial charge in [-0.15, -0.1) is 0 Å². The molecule has 0 aromatic carbocycles. The van der Waals surface area contributed by atoms with E-state index >= 15 is 0 Å². The van der Waals surface area contributed by atoms with Gasteiger partial charge in [-0.1, -0.05) is 0 Å². The average Bonchev–Trinajstić information content (AvgIpc) is 2.08. The molecule has 1 aliphatic rings. The Bertz CT molecular complexity index is 146. The molecule has 0 aliphatic carbocycles. The molecule has 0 aromatic rings. The van der Waals surface area contributed by atoms with E-state index in [9.17, 15) is 0 Å². The van der Waals surface area contributed by atoms with Crippen LogP contribution in [0.4, 0.5) is 0 Å². The lowest BCUT2D eigenvalue weighted by Gasteiger charge is -2.37. The molecule has 0 amide bonds. The summed E-state index contributed by atoms with van der Waals surface area (Å²) in [6.07, 6.45) is -7.04. The smallest absolute Gasteiger partial charge is 0.184 e. The Morgan fingerprint density at radius 2 is 1.50 bits per heavy atom. The standard InChI is InChI=1S/C6H12O6/c7-1-2-3(8)4(9)5(10)6(11)12-2/h2-11H,1H2/t2?,3-,4-,5-,6?/m1/s1. The van der Waals surface area contributed by atoms with Crippen LogP contribution in [0.1, 0.15) is 0 Å². The van der Waals surface area contributed by atoms with Crippen LogP contribution in [-0.2, 0) is 4.74 Å². The van der Waals surface area contributed by atoms with Crippen LogP contribution in [0.15, 0.2) is 0 Å². The maximum Gasteiger partial charge on any atom is 0.184 e. The summed E-state index contributed by atoms with van der Waals surface area (Å²) in [5, 5.41) is 44.7. The van der Waals surface area contributed by atoms with Crippen LogP contribution in [0.2, 0.25) is 0 Å². The molecule has 0 aromatic heterocycles. The lowest BCUT2D eigenvalue weighted by Crippen LogP contribution is -2.58. The first kappa shape index (κ1) is 9.85. The quantitative estimate of drug-likeness (QED) is 0.290. The molecule has 2 unspecified atom stereocenters. The van der Waals surface area contributed by atoms with Crippen molar-refractivity contribution < 1.29 is 30.3 Å². The van der Waals surface area contributed by atoms with E-state index < -0.39 is 37.3 Å². The Morgan fingerprint density at radius 1 is 0.917 bits per heavy atom. The number of aliphatic hydroxyl groups excluding tert-OH is 5. The van der Waals surface area contributed by atoms with Crippen molar-refractivity contribution in [3.8, 4) is 0 Å². The number of rotatable bonds is 1. The fraction of sp³-hybridized carbons (Fsp3) is 1.00. The molecular formula is C6H12O6. The molecule has 0 bridgehead atoms. The Kier molecular flexibility index (Phi) is 2.99. The summed E-state index contributed by atoms with van der Waals surface area (Å²) in [6, 6.07) is 0. The number of hydrogen-bond donors (Lipinski definition) is 5. The van der Waals surface area contributed by atoms with E-state index in [1.165, 1.54) is 0 Å². The van der Waals surface area contributed by atoms with Gasteiger partial charge in [0.2, 0.25) is 0 Å². The van der Waals surface area contributed by atoms with E-state index in [1.54, 1.807) is 0 Å². The second-order valence-electron chi connectivity index (χ2n) is 2.72. The van der Waals surface area contributed by atoms with Crippen molar-refractivity contribution in [3.63, 3.8) is 0 Å². The third-order valence-electron chi connectivity index (χ3n) is 1.87. The van der Waals surface area contributed by atoms with Crippen LogP contribution in [0.3, 0.4) is 0 Å². The van der Waals surface area contributed by atoms with Crippen molar-refractivity contribution in [3.05, 3.63) is 0 Å². The molecule has 0 radical (unpaired) electrons. The van der Waals surface area contributed by atoms with Gasteiger partial charge in [-0.05, 0) is 0 Å². The summed E-state index contributed by atoms with van der Waals surface area (Å²) in [6.45, 7) is -0.526. The summed E-state index contributed by atoms with van der Waals surface area (Å²) >= 11 is 0. The molecule has 1 saturated heterocycles. The predicted octanol–water partition coefficient (Wildman–Crippen LogP) is -3.22. The van der Waals surface area contributed by atoms with Gasteiger partial charge in [0.15, 0.2) is 6.29 Å². The van der Waals surface area contributed by atoms with Crippen molar-refractivity contribution >= 4 is 0 Å². The molecule has 1 rings (SSSR count). The minimum absolute atomic E-state index is 0.526. The van der Waals surface area contributed by atoms with Crippen LogP contribution < -0.4 is 0 Å². The van der Waals surface area contributed by atoms with Crippen molar-refractivity contribution in [2.45, 2.75) is 30.7 Å². The maximum atomic E-state index is 9.12. The van der Waals surface area contributed by atoms with Crippen molar-refractivity contribution in [2.24, 2.45) is 0 Å². The predicted molar refractivity (Wildman–Crippen MR) is 36.0 cm³/mol. The number of hydrogen-bond acceptors (Lipinski definition) is 6. The summed E-state index contributed by atoms with van der Waals surface area (Å²) in [4.78, 5) is 0. The Morgan fingerprint density at radius 3 is 2.00 bits per heavy atom. The van der Waals surface area contributed by atoms with Crippen molar-refractivity contribution in [1.82, 2.24) is 0 Å². The third kappa shape index (κ3) is 1.58. The van der Waals surface area contributed by atoms with Gasteiger partial charge < -0.3 is 30.3 Å². The first-order chi connectivity index (χ1) is 5.57. The molecule has 0 saturated carbocycles. The Labute approximate surface area is 68.6 Å². The first-order valence-electron chi connectivity index (χ1n) is 3.56. The molecule has 5 atom stereocenters. The van der Waals surface area contributed by atoms with Gasteiger partial charge in [-0.3, -0.25) is 0 Å². The minimum atomic E-state index is -1.57. The second-order valence-corrected chi connectivity index (χ2v) is 2.72. The highest BCUT2D eigenvalue weighted by Crippen LogP contribution is 2.18. The van der Waals surface area contributed by atoms with Crippen molar-refractivity contribution in [1.29, 1.82) is 0 Å². The second kappa shape index (κ2) is 3.65. The van der Waals surface area contributed by atoms with E-state index in [-0.39, 0.29) is 0 Å². The number of ether oxygens (including phenoxy) is 1. The SMILES string of the molecule is OCC1OC(O)[C@H](O)[C@H](O)[C@@H]1O. The molecule has 1 aliphatic heterocycles. The van der Waals surface area contributed by atoms with Crippen molar-refractivity contribution in [2.75, 3.05) is 6.61 Å². The molecule has 5 N–H and O–H groups in total. The number of aliphatic hydroxyl groups is 5. The van der Waals surface area contributed by atoms with Gasteiger partial charge in [0.25, 0.3) is 0 Å². The van der Waals surface area contributed by atoms with Gasteiger partial charge >= 0.3 is 0 Å². The minimum Gasteiger partial charge on any atom is -0.394 e. The van der Waals surface area contributed by atoms with Crippen LogP contribution in [0.5, 0.6) is 0 Å². The molecule has 0 spiro atoms. The highest BCUT2D eigenvalue weighted by atomic mass is 16.6. The third-order valence-corrected chi connectivity index (χ3v) is 1.87. The van der Waals surface area contributed by atoms with Gasteiger partial charge in [-0.25, -0.2) is 0 Å².